The van der Waals surface area contributed by atoms with Crippen molar-refractivity contribution in [2.75, 3.05) is 0 Å². The fraction of sp³-hybridized carbons (Fsp3) is 0.706. The lowest BCUT2D eigenvalue weighted by atomic mass is 9.43. The Kier molecular flexibility index (Phi) is 2.67. The summed E-state index contributed by atoms with van der Waals surface area (Å²) in [5.74, 6) is 0.570. The molecule has 0 aliphatic heterocycles. The van der Waals surface area contributed by atoms with Gasteiger partial charge in [0, 0.05) is 11.6 Å². The molecule has 4 fully saturated rings. The van der Waals surface area contributed by atoms with E-state index in [1.54, 1.807) is 0 Å². The number of rotatable bonds is 2. The molecule has 4 aliphatic carbocycles. The van der Waals surface area contributed by atoms with E-state index in [1.165, 1.54) is 31.4 Å². The van der Waals surface area contributed by atoms with Gasteiger partial charge in [0.05, 0.1) is 0 Å². The van der Waals surface area contributed by atoms with Crippen LogP contribution in [-0.4, -0.2) is 21.6 Å². The number of hydrogen-bond acceptors (Lipinski definition) is 3. The average Bonchev–Trinajstić information content (AvgIpc) is 2.34. The third-order valence-corrected chi connectivity index (χ3v) is 5.92. The fourth-order valence-electron chi connectivity index (χ4n) is 6.36. The van der Waals surface area contributed by atoms with Crippen molar-refractivity contribution < 1.29 is 4.79 Å². The van der Waals surface area contributed by atoms with Crippen LogP contribution in [0.3, 0.4) is 0 Å². The molecule has 5 nitrogen and oxygen atoms in total. The zero-order valence-electron chi connectivity index (χ0n) is 13.2. The molecule has 118 valence electrons. The van der Waals surface area contributed by atoms with Crippen LogP contribution in [0.2, 0.25) is 0 Å². The van der Waals surface area contributed by atoms with E-state index in [4.69, 9.17) is 0 Å². The van der Waals surface area contributed by atoms with Gasteiger partial charge in [0.15, 0.2) is 0 Å². The van der Waals surface area contributed by atoms with Crippen LogP contribution in [0.15, 0.2) is 16.9 Å². The molecule has 5 rings (SSSR count). The van der Waals surface area contributed by atoms with Crippen LogP contribution in [-0.2, 0) is 0 Å². The molecule has 2 N–H and O–H groups in total. The number of nitrogens with one attached hydrogen (secondary N) is 2. The predicted octanol–water partition coefficient (Wildman–Crippen LogP) is 2.25. The third-order valence-electron chi connectivity index (χ3n) is 5.92. The quantitative estimate of drug-likeness (QED) is 0.879. The first kappa shape index (κ1) is 14.0. The average molecular weight is 301 g/mol. The van der Waals surface area contributed by atoms with Crippen LogP contribution in [0.1, 0.15) is 62.9 Å². The third kappa shape index (κ3) is 2.18. The Labute approximate surface area is 129 Å². The van der Waals surface area contributed by atoms with E-state index in [0.717, 1.165) is 25.2 Å². The van der Waals surface area contributed by atoms with Gasteiger partial charge in [0.1, 0.15) is 5.69 Å². The number of aromatic amines is 1. The number of H-pyrrole nitrogens is 1. The summed E-state index contributed by atoms with van der Waals surface area (Å²) >= 11 is 0. The molecule has 1 aromatic heterocycles. The highest BCUT2D eigenvalue weighted by Gasteiger charge is 2.60. The standard InChI is InChI=1S/C17H23N3O2/c1-15-5-11-6-16(2,8-15)10-17(7-11,9-15)18-14(22)12-3-4-13(21)20-19-12/h3-4,11H,5-10H2,1-2H3,(H,18,22)(H,20,21). The van der Waals surface area contributed by atoms with E-state index in [-0.39, 0.29) is 17.0 Å². The van der Waals surface area contributed by atoms with Gasteiger partial charge in [0.2, 0.25) is 0 Å². The van der Waals surface area contributed by atoms with E-state index in [2.05, 4.69) is 29.4 Å². The normalized spacial score (nSPS) is 42.4. The van der Waals surface area contributed by atoms with Crippen molar-refractivity contribution in [2.45, 2.75) is 57.9 Å². The molecule has 4 saturated carbocycles. The summed E-state index contributed by atoms with van der Waals surface area (Å²) in [5, 5.41) is 9.49. The van der Waals surface area contributed by atoms with Crippen molar-refractivity contribution in [1.82, 2.24) is 15.5 Å². The minimum atomic E-state index is -0.286. The molecule has 0 aromatic carbocycles. The largest absolute Gasteiger partial charge is 0.345 e. The predicted molar refractivity (Wildman–Crippen MR) is 82.5 cm³/mol. The Morgan fingerprint density at radius 1 is 1.18 bits per heavy atom. The molecule has 1 amide bonds. The zero-order valence-corrected chi connectivity index (χ0v) is 13.2. The van der Waals surface area contributed by atoms with Gasteiger partial charge in [-0.2, -0.15) is 5.10 Å². The van der Waals surface area contributed by atoms with E-state index in [9.17, 15) is 9.59 Å². The second-order valence-electron chi connectivity index (χ2n) is 8.67. The number of nitrogens with zero attached hydrogens (tertiary/aromatic N) is 1. The van der Waals surface area contributed by atoms with Crippen LogP contribution in [0.4, 0.5) is 0 Å². The lowest BCUT2D eigenvalue weighted by molar-refractivity contribution is -0.114. The Bertz CT molecular complexity index is 657. The summed E-state index contributed by atoms with van der Waals surface area (Å²) in [4.78, 5) is 23.6. The highest BCUT2D eigenvalue weighted by molar-refractivity contribution is 5.92. The van der Waals surface area contributed by atoms with E-state index in [0.29, 0.717) is 16.5 Å². The molecular formula is C17H23N3O2. The maximum absolute atomic E-state index is 12.6. The van der Waals surface area contributed by atoms with Gasteiger partial charge in [0.25, 0.3) is 11.5 Å². The highest BCUT2D eigenvalue weighted by Crippen LogP contribution is 2.66. The van der Waals surface area contributed by atoms with E-state index < -0.39 is 0 Å². The molecule has 4 aliphatic rings. The minimum Gasteiger partial charge on any atom is -0.345 e. The van der Waals surface area contributed by atoms with E-state index in [1.807, 2.05) is 0 Å². The summed E-state index contributed by atoms with van der Waals surface area (Å²) in [6.45, 7) is 4.77. The highest BCUT2D eigenvalue weighted by atomic mass is 16.2. The molecule has 0 saturated heterocycles. The number of carbonyl (C=O) groups excluding carboxylic acids is 1. The number of amides is 1. The number of aromatic nitrogens is 2. The van der Waals surface area contributed by atoms with Crippen LogP contribution in [0.25, 0.3) is 0 Å². The van der Waals surface area contributed by atoms with Crippen molar-refractivity contribution in [3.63, 3.8) is 0 Å². The molecule has 2 unspecified atom stereocenters. The molecule has 22 heavy (non-hydrogen) atoms. The van der Waals surface area contributed by atoms with Gasteiger partial charge in [-0.05, 0) is 61.3 Å². The van der Waals surface area contributed by atoms with Crippen LogP contribution < -0.4 is 10.9 Å². The summed E-state index contributed by atoms with van der Waals surface area (Å²) in [7, 11) is 0. The van der Waals surface area contributed by atoms with Gasteiger partial charge in [-0.25, -0.2) is 5.10 Å². The SMILES string of the molecule is CC12CC3CC(C)(C1)CC(NC(=O)c1ccc(=O)[nH]n1)(C3)C2. The lowest BCUT2D eigenvalue weighted by Crippen LogP contribution is -2.65. The maximum atomic E-state index is 12.6. The van der Waals surface area contributed by atoms with Crippen LogP contribution in [0.5, 0.6) is 0 Å². The summed E-state index contributed by atoms with van der Waals surface area (Å²) in [6.07, 6.45) is 7.12. The monoisotopic (exact) mass is 301 g/mol. The summed E-state index contributed by atoms with van der Waals surface area (Å²) in [5.41, 5.74) is 0.648. The molecule has 1 aromatic rings. The first-order valence-electron chi connectivity index (χ1n) is 8.17. The number of carbonyl (C=O) groups is 1. The van der Waals surface area contributed by atoms with Crippen molar-refractivity contribution in [3.05, 3.63) is 28.2 Å². The molecule has 1 heterocycles. The topological polar surface area (TPSA) is 74.8 Å². The molecule has 5 heteroatoms. The van der Waals surface area contributed by atoms with Gasteiger partial charge < -0.3 is 5.32 Å². The fourth-order valence-corrected chi connectivity index (χ4v) is 6.36. The van der Waals surface area contributed by atoms with Crippen LogP contribution >= 0.6 is 0 Å². The Balaban J connectivity index is 1.61. The molecule has 0 radical (unpaired) electrons. The number of hydrogen-bond donors (Lipinski definition) is 2. The van der Waals surface area contributed by atoms with Crippen molar-refractivity contribution >= 4 is 5.91 Å². The van der Waals surface area contributed by atoms with Crippen molar-refractivity contribution in [1.29, 1.82) is 0 Å². The van der Waals surface area contributed by atoms with E-state index >= 15 is 0 Å². The van der Waals surface area contributed by atoms with Gasteiger partial charge >= 0.3 is 0 Å². The molecule has 0 spiro atoms. The van der Waals surface area contributed by atoms with Crippen LogP contribution in [0, 0.1) is 16.7 Å². The smallest absolute Gasteiger partial charge is 0.272 e. The Hall–Kier alpha value is -1.65. The molecular weight excluding hydrogens is 278 g/mol. The molecule has 2 atom stereocenters. The second-order valence-corrected chi connectivity index (χ2v) is 8.67. The Morgan fingerprint density at radius 2 is 1.86 bits per heavy atom. The van der Waals surface area contributed by atoms with Gasteiger partial charge in [-0.3, -0.25) is 9.59 Å². The first-order valence-corrected chi connectivity index (χ1v) is 8.17. The van der Waals surface area contributed by atoms with Crippen molar-refractivity contribution in [3.8, 4) is 0 Å². The minimum absolute atomic E-state index is 0.0855. The Morgan fingerprint density at radius 3 is 2.41 bits per heavy atom. The first-order chi connectivity index (χ1) is 10.3. The maximum Gasteiger partial charge on any atom is 0.272 e. The molecule has 4 bridgehead atoms. The summed E-state index contributed by atoms with van der Waals surface area (Å²) in [6, 6.07) is 2.85. The zero-order chi connectivity index (χ0) is 15.6. The van der Waals surface area contributed by atoms with Gasteiger partial charge in [-0.1, -0.05) is 13.8 Å². The lowest BCUT2D eigenvalue weighted by Gasteiger charge is -2.65. The summed E-state index contributed by atoms with van der Waals surface area (Å²) < 4.78 is 0. The van der Waals surface area contributed by atoms with Gasteiger partial charge in [-0.15, -0.1) is 0 Å². The van der Waals surface area contributed by atoms with Crippen molar-refractivity contribution in [2.24, 2.45) is 16.7 Å². The second kappa shape index (κ2) is 4.21.